The van der Waals surface area contributed by atoms with Gasteiger partial charge in [-0.15, -0.1) is 0 Å². The molecule has 1 aliphatic rings. The number of phenols is 1. The molecule has 1 aliphatic carbocycles. The Bertz CT molecular complexity index is 528. The van der Waals surface area contributed by atoms with Crippen molar-refractivity contribution in [2.75, 3.05) is 0 Å². The molecule has 1 N–H and O–H groups in total. The van der Waals surface area contributed by atoms with Crippen LogP contribution in [0.15, 0.2) is 23.8 Å². The standard InChI is InChI=1S/C13H10N2O/c14-7-10(8-15)12-3-1-2-9-6-11(16)4-5-13(9)12/h4-6,16H,1-3H2. The maximum Gasteiger partial charge on any atom is 0.133 e. The van der Waals surface area contributed by atoms with Crippen LogP contribution < -0.4 is 0 Å². The molecule has 0 fully saturated rings. The van der Waals surface area contributed by atoms with Crippen LogP contribution >= 0.6 is 0 Å². The highest BCUT2D eigenvalue weighted by Gasteiger charge is 2.18. The number of benzene rings is 1. The first-order valence-electron chi connectivity index (χ1n) is 5.12. The minimum Gasteiger partial charge on any atom is -0.508 e. The van der Waals surface area contributed by atoms with E-state index in [1.807, 2.05) is 12.1 Å². The summed E-state index contributed by atoms with van der Waals surface area (Å²) in [6.07, 6.45) is 2.56. The minimum absolute atomic E-state index is 0.187. The summed E-state index contributed by atoms with van der Waals surface area (Å²) >= 11 is 0. The van der Waals surface area contributed by atoms with Crippen molar-refractivity contribution >= 4 is 5.57 Å². The van der Waals surface area contributed by atoms with Crippen molar-refractivity contribution in [1.82, 2.24) is 0 Å². The highest BCUT2D eigenvalue weighted by atomic mass is 16.3. The van der Waals surface area contributed by atoms with Crippen molar-refractivity contribution in [3.05, 3.63) is 34.9 Å². The van der Waals surface area contributed by atoms with E-state index in [4.69, 9.17) is 10.5 Å². The van der Waals surface area contributed by atoms with E-state index in [2.05, 4.69) is 0 Å². The van der Waals surface area contributed by atoms with E-state index in [0.29, 0.717) is 0 Å². The Labute approximate surface area is 93.9 Å². The fourth-order valence-corrected chi connectivity index (χ4v) is 2.09. The molecule has 0 bridgehead atoms. The lowest BCUT2D eigenvalue weighted by molar-refractivity contribution is 0.474. The molecular weight excluding hydrogens is 200 g/mol. The molecule has 0 heterocycles. The first kappa shape index (κ1) is 10.3. The highest BCUT2D eigenvalue weighted by molar-refractivity contribution is 5.78. The Balaban J connectivity index is 2.63. The van der Waals surface area contributed by atoms with E-state index >= 15 is 0 Å². The molecule has 0 saturated heterocycles. The number of phenolic OH excluding ortho intramolecular Hbond substituents is 1. The van der Waals surface area contributed by atoms with Crippen LogP contribution in [-0.2, 0) is 6.42 Å². The van der Waals surface area contributed by atoms with Gasteiger partial charge >= 0.3 is 0 Å². The number of allylic oxidation sites excluding steroid dienone is 2. The molecule has 0 aliphatic heterocycles. The number of nitrogens with zero attached hydrogens (tertiary/aromatic N) is 2. The van der Waals surface area contributed by atoms with E-state index < -0.39 is 0 Å². The van der Waals surface area contributed by atoms with Crippen LogP contribution in [0.3, 0.4) is 0 Å². The van der Waals surface area contributed by atoms with E-state index in [-0.39, 0.29) is 11.3 Å². The Morgan fingerprint density at radius 3 is 2.62 bits per heavy atom. The van der Waals surface area contributed by atoms with Gasteiger partial charge in [0.2, 0.25) is 0 Å². The van der Waals surface area contributed by atoms with Crippen LogP contribution in [0.2, 0.25) is 0 Å². The molecule has 0 saturated carbocycles. The van der Waals surface area contributed by atoms with Gasteiger partial charge in [-0.3, -0.25) is 0 Å². The van der Waals surface area contributed by atoms with Crippen molar-refractivity contribution in [3.63, 3.8) is 0 Å². The van der Waals surface area contributed by atoms with Gasteiger partial charge in [-0.2, -0.15) is 10.5 Å². The highest BCUT2D eigenvalue weighted by Crippen LogP contribution is 2.34. The third-order valence-corrected chi connectivity index (χ3v) is 2.81. The zero-order valence-corrected chi connectivity index (χ0v) is 8.70. The van der Waals surface area contributed by atoms with E-state index in [0.717, 1.165) is 36.0 Å². The number of hydrogen-bond acceptors (Lipinski definition) is 3. The number of nitriles is 2. The average Bonchev–Trinajstić information content (AvgIpc) is 2.30. The predicted molar refractivity (Wildman–Crippen MR) is 59.2 cm³/mol. The molecule has 0 atom stereocenters. The van der Waals surface area contributed by atoms with Gasteiger partial charge in [-0.1, -0.05) is 6.07 Å². The molecule has 0 unspecified atom stereocenters. The normalized spacial score (nSPS) is 13.5. The van der Waals surface area contributed by atoms with Gasteiger partial charge in [0, 0.05) is 0 Å². The van der Waals surface area contributed by atoms with Crippen molar-refractivity contribution in [2.45, 2.75) is 19.3 Å². The smallest absolute Gasteiger partial charge is 0.133 e. The molecule has 0 radical (unpaired) electrons. The first-order valence-corrected chi connectivity index (χ1v) is 5.12. The van der Waals surface area contributed by atoms with Crippen LogP contribution in [0.1, 0.15) is 24.0 Å². The largest absolute Gasteiger partial charge is 0.508 e. The maximum absolute atomic E-state index is 9.38. The molecule has 1 aromatic carbocycles. The zero-order valence-electron chi connectivity index (χ0n) is 8.70. The summed E-state index contributed by atoms with van der Waals surface area (Å²) < 4.78 is 0. The molecular formula is C13H10N2O. The Kier molecular flexibility index (Phi) is 2.62. The van der Waals surface area contributed by atoms with Crippen LogP contribution in [0.5, 0.6) is 5.75 Å². The lowest BCUT2D eigenvalue weighted by Crippen LogP contribution is -2.03. The third-order valence-electron chi connectivity index (χ3n) is 2.81. The van der Waals surface area contributed by atoms with E-state index in [1.54, 1.807) is 18.2 Å². The lowest BCUT2D eigenvalue weighted by Gasteiger charge is -2.19. The SMILES string of the molecule is N#CC(C#N)=C1CCCc2cc(O)ccc21. The zero-order chi connectivity index (χ0) is 11.5. The van der Waals surface area contributed by atoms with Crippen molar-refractivity contribution in [3.8, 4) is 17.9 Å². The van der Waals surface area contributed by atoms with Gasteiger partial charge in [0.15, 0.2) is 0 Å². The molecule has 0 aromatic heterocycles. The predicted octanol–water partition coefficient (Wildman–Crippen LogP) is 2.53. The molecule has 0 spiro atoms. The molecule has 78 valence electrons. The molecule has 16 heavy (non-hydrogen) atoms. The number of aryl methyl sites for hydroxylation is 1. The van der Waals surface area contributed by atoms with Crippen molar-refractivity contribution in [1.29, 1.82) is 10.5 Å². The van der Waals surface area contributed by atoms with Gasteiger partial charge in [0.05, 0.1) is 0 Å². The van der Waals surface area contributed by atoms with Gasteiger partial charge in [-0.25, -0.2) is 0 Å². The van der Waals surface area contributed by atoms with Crippen LogP contribution in [0.4, 0.5) is 0 Å². The van der Waals surface area contributed by atoms with Gasteiger partial charge < -0.3 is 5.11 Å². The molecule has 3 nitrogen and oxygen atoms in total. The Hall–Kier alpha value is -2.26. The number of rotatable bonds is 0. The topological polar surface area (TPSA) is 67.8 Å². The maximum atomic E-state index is 9.38. The van der Waals surface area contributed by atoms with Gasteiger partial charge in [0.1, 0.15) is 23.5 Å². The lowest BCUT2D eigenvalue weighted by atomic mass is 9.85. The fraction of sp³-hybridized carbons (Fsp3) is 0.231. The molecule has 0 amide bonds. The van der Waals surface area contributed by atoms with Crippen LogP contribution in [0, 0.1) is 22.7 Å². The average molecular weight is 210 g/mol. The quantitative estimate of drug-likeness (QED) is 0.669. The van der Waals surface area contributed by atoms with E-state index in [9.17, 15) is 5.11 Å². The van der Waals surface area contributed by atoms with Gasteiger partial charge in [0.25, 0.3) is 0 Å². The number of aromatic hydroxyl groups is 1. The van der Waals surface area contributed by atoms with Crippen LogP contribution in [0.25, 0.3) is 5.57 Å². The summed E-state index contributed by atoms with van der Waals surface area (Å²) in [6, 6.07) is 8.95. The summed E-state index contributed by atoms with van der Waals surface area (Å²) in [6.45, 7) is 0. The summed E-state index contributed by atoms with van der Waals surface area (Å²) in [4.78, 5) is 0. The minimum atomic E-state index is 0.187. The molecule has 3 heteroatoms. The molecule has 2 rings (SSSR count). The second-order valence-corrected chi connectivity index (χ2v) is 3.77. The van der Waals surface area contributed by atoms with E-state index in [1.165, 1.54) is 0 Å². The monoisotopic (exact) mass is 210 g/mol. The second kappa shape index (κ2) is 4.08. The first-order chi connectivity index (χ1) is 7.76. The van der Waals surface area contributed by atoms with Gasteiger partial charge in [-0.05, 0) is 48.1 Å². The van der Waals surface area contributed by atoms with Crippen molar-refractivity contribution < 1.29 is 5.11 Å². The Morgan fingerprint density at radius 2 is 1.94 bits per heavy atom. The summed E-state index contributed by atoms with van der Waals surface area (Å²) in [7, 11) is 0. The summed E-state index contributed by atoms with van der Waals surface area (Å²) in [5.74, 6) is 0.232. The second-order valence-electron chi connectivity index (χ2n) is 3.77. The number of hydrogen-bond donors (Lipinski definition) is 1. The summed E-state index contributed by atoms with van der Waals surface area (Å²) in [5.41, 5.74) is 2.95. The Morgan fingerprint density at radius 1 is 1.19 bits per heavy atom. The third kappa shape index (κ3) is 1.64. The molecule has 1 aromatic rings. The number of fused-ring (bicyclic) bond motifs is 1. The van der Waals surface area contributed by atoms with Crippen LogP contribution in [-0.4, -0.2) is 5.11 Å². The van der Waals surface area contributed by atoms with Crippen molar-refractivity contribution in [2.24, 2.45) is 0 Å². The summed E-state index contributed by atoms with van der Waals surface area (Å²) in [5, 5.41) is 27.1. The fourth-order valence-electron chi connectivity index (χ4n) is 2.09.